The Bertz CT molecular complexity index is 741. The number of Topliss-reactive ketones (excluding diaryl/α,β-unsaturated/α-hetero) is 1. The molecule has 0 aromatic heterocycles. The Morgan fingerprint density at radius 3 is 2.00 bits per heavy atom. The molecule has 1 aromatic carbocycles. The van der Waals surface area contributed by atoms with Gasteiger partial charge < -0.3 is 26.0 Å². The van der Waals surface area contributed by atoms with Gasteiger partial charge in [0.05, 0.1) is 18.1 Å². The van der Waals surface area contributed by atoms with Crippen molar-refractivity contribution in [2.24, 2.45) is 17.4 Å². The molecule has 4 atom stereocenters. The van der Waals surface area contributed by atoms with Crippen LogP contribution in [0.5, 0.6) is 5.75 Å². The van der Waals surface area contributed by atoms with Gasteiger partial charge in [-0.2, -0.15) is 8.78 Å². The summed E-state index contributed by atoms with van der Waals surface area (Å²) in [6.07, 6.45) is -1.90. The number of ether oxygens (including phenoxy) is 2. The summed E-state index contributed by atoms with van der Waals surface area (Å²) in [7, 11) is 0. The zero-order chi connectivity index (χ0) is 22.7. The molecule has 1 rings (SSSR count). The normalized spacial score (nSPS) is 16.0. The molecule has 0 fully saturated rings. The molecule has 5 N–H and O–H groups in total. The third-order valence-electron chi connectivity index (χ3n) is 3.73. The molecule has 0 aliphatic carbocycles. The number of hydrogen-bond donors (Lipinski definition) is 3. The highest BCUT2D eigenvalue weighted by Gasteiger charge is 2.40. The van der Waals surface area contributed by atoms with Crippen LogP contribution in [0.3, 0.4) is 0 Å². The monoisotopic (exact) mass is 424 g/mol. The van der Waals surface area contributed by atoms with Crippen molar-refractivity contribution in [1.29, 1.82) is 0 Å². The van der Waals surface area contributed by atoms with Crippen LogP contribution < -0.4 is 16.2 Å². The molecule has 0 bridgehead atoms. The van der Waals surface area contributed by atoms with E-state index >= 15 is 0 Å². The number of esters is 1. The van der Waals surface area contributed by atoms with Crippen molar-refractivity contribution in [2.75, 3.05) is 6.61 Å². The number of halogens is 4. The Morgan fingerprint density at radius 2 is 1.59 bits per heavy atom. The molecule has 0 saturated heterocycles. The fourth-order valence-corrected chi connectivity index (χ4v) is 2.38. The van der Waals surface area contributed by atoms with Gasteiger partial charge in [-0.05, 0) is 27.7 Å². The lowest BCUT2D eigenvalue weighted by molar-refractivity contribution is -0.161. The predicted octanol–water partition coefficient (Wildman–Crippen LogP) is 1.18. The van der Waals surface area contributed by atoms with Crippen LogP contribution in [0.25, 0.3) is 0 Å². The molecule has 0 saturated carbocycles. The molecule has 164 valence electrons. The van der Waals surface area contributed by atoms with Crippen molar-refractivity contribution in [3.8, 4) is 5.75 Å². The van der Waals surface area contributed by atoms with Crippen molar-refractivity contribution in [3.63, 3.8) is 0 Å². The maximum Gasteiger partial charge on any atom is 0.324 e. The average molecular weight is 424 g/mol. The number of carbonyl (C=O) groups is 2. The molecule has 29 heavy (non-hydrogen) atoms. The molecular formula is C18H24F4N2O5. The first-order chi connectivity index (χ1) is 13.2. The first-order valence-corrected chi connectivity index (χ1v) is 8.59. The summed E-state index contributed by atoms with van der Waals surface area (Å²) in [6.45, 7) is 4.89. The van der Waals surface area contributed by atoms with E-state index in [0.717, 1.165) is 0 Å². The van der Waals surface area contributed by atoms with E-state index in [1.807, 2.05) is 0 Å². The number of nitrogens with two attached hydrogens (primary N) is 2. The lowest BCUT2D eigenvalue weighted by Crippen LogP contribution is -2.54. The second-order valence-electron chi connectivity index (χ2n) is 7.45. The molecule has 0 aliphatic heterocycles. The Hall–Kier alpha value is -2.24. The molecule has 2 unspecified atom stereocenters. The number of hydrogen-bond acceptors (Lipinski definition) is 7. The average Bonchev–Trinajstić information content (AvgIpc) is 2.58. The largest absolute Gasteiger partial charge is 0.485 e. The summed E-state index contributed by atoms with van der Waals surface area (Å²) >= 11 is 0. The molecule has 0 heterocycles. The minimum Gasteiger partial charge on any atom is -0.485 e. The van der Waals surface area contributed by atoms with Crippen LogP contribution in [-0.4, -0.2) is 47.3 Å². The SMILES string of the molecule is C[C@H](N)C(=O)[C@H](C(O)COc1c(F)c(F)cc(F)c1F)C(N)C(=O)OC(C)(C)C. The van der Waals surface area contributed by atoms with Crippen molar-refractivity contribution >= 4 is 11.8 Å². The zero-order valence-corrected chi connectivity index (χ0v) is 16.3. The van der Waals surface area contributed by atoms with E-state index < -0.39 is 77.1 Å². The molecule has 1 aromatic rings. The Balaban J connectivity index is 3.10. The van der Waals surface area contributed by atoms with Crippen LogP contribution in [0.2, 0.25) is 0 Å². The molecule has 0 radical (unpaired) electrons. The number of benzene rings is 1. The minimum atomic E-state index is -1.90. The van der Waals surface area contributed by atoms with Gasteiger partial charge in [0.15, 0.2) is 23.2 Å². The Morgan fingerprint density at radius 1 is 1.10 bits per heavy atom. The van der Waals surface area contributed by atoms with Gasteiger partial charge in [0, 0.05) is 6.07 Å². The van der Waals surface area contributed by atoms with E-state index in [1.54, 1.807) is 20.8 Å². The third-order valence-corrected chi connectivity index (χ3v) is 3.73. The number of aliphatic hydroxyl groups is 1. The van der Waals surface area contributed by atoms with E-state index in [1.165, 1.54) is 6.92 Å². The fourth-order valence-electron chi connectivity index (χ4n) is 2.38. The maximum atomic E-state index is 13.7. The number of aliphatic hydroxyl groups excluding tert-OH is 1. The highest BCUT2D eigenvalue weighted by molar-refractivity contribution is 5.92. The maximum absolute atomic E-state index is 13.7. The van der Waals surface area contributed by atoms with Gasteiger partial charge in [-0.15, -0.1) is 0 Å². The van der Waals surface area contributed by atoms with Crippen LogP contribution in [0, 0.1) is 29.2 Å². The first-order valence-electron chi connectivity index (χ1n) is 8.59. The topological polar surface area (TPSA) is 125 Å². The van der Waals surface area contributed by atoms with Crippen LogP contribution >= 0.6 is 0 Å². The zero-order valence-electron chi connectivity index (χ0n) is 16.3. The lowest BCUT2D eigenvalue weighted by atomic mass is 9.87. The first kappa shape index (κ1) is 24.8. The summed E-state index contributed by atoms with van der Waals surface area (Å²) < 4.78 is 63.6. The highest BCUT2D eigenvalue weighted by Crippen LogP contribution is 2.27. The van der Waals surface area contributed by atoms with Crippen LogP contribution in [0.4, 0.5) is 17.6 Å². The van der Waals surface area contributed by atoms with E-state index in [9.17, 15) is 32.3 Å². The fraction of sp³-hybridized carbons (Fsp3) is 0.556. The minimum absolute atomic E-state index is 0.0190. The molecule has 0 amide bonds. The van der Waals surface area contributed by atoms with E-state index in [2.05, 4.69) is 4.74 Å². The number of ketones is 1. The Kier molecular flexibility index (Phi) is 8.13. The molecule has 7 nitrogen and oxygen atoms in total. The van der Waals surface area contributed by atoms with Crippen molar-refractivity contribution in [2.45, 2.75) is 51.5 Å². The summed E-state index contributed by atoms with van der Waals surface area (Å²) in [5.74, 6) is -12.1. The number of carbonyl (C=O) groups excluding carboxylic acids is 2. The second kappa shape index (κ2) is 9.51. The smallest absolute Gasteiger partial charge is 0.324 e. The number of rotatable bonds is 8. The van der Waals surface area contributed by atoms with Gasteiger partial charge in [-0.1, -0.05) is 0 Å². The van der Waals surface area contributed by atoms with Crippen molar-refractivity contribution in [1.82, 2.24) is 0 Å². The summed E-state index contributed by atoms with van der Waals surface area (Å²) in [4.78, 5) is 24.5. The molecule has 0 spiro atoms. The van der Waals surface area contributed by atoms with Crippen LogP contribution in [-0.2, 0) is 14.3 Å². The van der Waals surface area contributed by atoms with Crippen LogP contribution in [0.15, 0.2) is 6.07 Å². The van der Waals surface area contributed by atoms with E-state index in [4.69, 9.17) is 16.2 Å². The van der Waals surface area contributed by atoms with Gasteiger partial charge in [0.25, 0.3) is 0 Å². The van der Waals surface area contributed by atoms with Gasteiger partial charge in [-0.25, -0.2) is 8.78 Å². The van der Waals surface area contributed by atoms with Crippen LogP contribution in [0.1, 0.15) is 27.7 Å². The molecular weight excluding hydrogens is 400 g/mol. The van der Waals surface area contributed by atoms with E-state index in [-0.39, 0.29) is 6.07 Å². The summed E-state index contributed by atoms with van der Waals surface area (Å²) in [6, 6.07) is -2.87. The lowest BCUT2D eigenvalue weighted by Gasteiger charge is -2.29. The van der Waals surface area contributed by atoms with Crippen molar-refractivity contribution < 1.29 is 41.7 Å². The highest BCUT2D eigenvalue weighted by atomic mass is 19.2. The molecule has 11 heteroatoms. The van der Waals surface area contributed by atoms with Gasteiger partial charge in [-0.3, -0.25) is 9.59 Å². The summed E-state index contributed by atoms with van der Waals surface area (Å²) in [5, 5.41) is 10.3. The predicted molar refractivity (Wildman–Crippen MR) is 93.7 cm³/mol. The van der Waals surface area contributed by atoms with Gasteiger partial charge in [0.2, 0.25) is 11.6 Å². The molecule has 0 aliphatic rings. The van der Waals surface area contributed by atoms with Crippen molar-refractivity contribution in [3.05, 3.63) is 29.3 Å². The standard InChI is InChI=1S/C18H24F4N2O5/c1-7(23)15(26)11(14(24)17(27)29-18(2,3)4)10(25)6-28-16-12(21)8(19)5-9(20)13(16)22/h5,7,10-11,14,25H,6,23-24H2,1-4H3/t7-,10?,11+,14?/m0/s1. The Labute approximate surface area is 164 Å². The summed E-state index contributed by atoms with van der Waals surface area (Å²) in [5.41, 5.74) is 10.3. The quantitative estimate of drug-likeness (QED) is 0.325. The second-order valence-corrected chi connectivity index (χ2v) is 7.45. The van der Waals surface area contributed by atoms with E-state index in [0.29, 0.717) is 0 Å². The van der Waals surface area contributed by atoms with Gasteiger partial charge >= 0.3 is 5.97 Å². The third kappa shape index (κ3) is 6.38. The van der Waals surface area contributed by atoms with Gasteiger partial charge in [0.1, 0.15) is 18.2 Å².